The van der Waals surface area contributed by atoms with E-state index in [2.05, 4.69) is 0 Å². The summed E-state index contributed by atoms with van der Waals surface area (Å²) in [6.45, 7) is 2.48. The average Bonchev–Trinajstić information content (AvgIpc) is 2.29. The normalized spacial score (nSPS) is 9.53. The van der Waals surface area contributed by atoms with Crippen molar-refractivity contribution >= 4 is 6.08 Å². The number of benzene rings is 1. The smallest absolute Gasteiger partial charge is 0.0992 e. The fourth-order valence-electron chi connectivity index (χ4n) is 1.10. The summed E-state index contributed by atoms with van der Waals surface area (Å²) in [6, 6.07) is 8.98. The molecule has 0 heterocycles. The SMILES string of the molecule is CCO/C=C/c1cc(C#N)cc(C#N)c1. The lowest BCUT2D eigenvalue weighted by Crippen LogP contribution is -1.83. The van der Waals surface area contributed by atoms with E-state index >= 15 is 0 Å². The van der Waals surface area contributed by atoms with Gasteiger partial charge in [-0.2, -0.15) is 10.5 Å². The fraction of sp³-hybridized carbons (Fsp3) is 0.167. The Morgan fingerprint density at radius 1 is 1.20 bits per heavy atom. The molecule has 0 saturated heterocycles. The van der Waals surface area contributed by atoms with Crippen molar-refractivity contribution < 1.29 is 4.74 Å². The third-order valence-corrected chi connectivity index (χ3v) is 1.74. The van der Waals surface area contributed by atoms with Gasteiger partial charge in [-0.25, -0.2) is 0 Å². The second kappa shape index (κ2) is 5.47. The first-order valence-corrected chi connectivity index (χ1v) is 4.53. The van der Waals surface area contributed by atoms with Gasteiger partial charge >= 0.3 is 0 Å². The quantitative estimate of drug-likeness (QED) is 0.701. The zero-order chi connectivity index (χ0) is 11.1. The molecule has 0 atom stereocenters. The summed E-state index contributed by atoms with van der Waals surface area (Å²) >= 11 is 0. The number of nitriles is 2. The molecule has 0 saturated carbocycles. The minimum Gasteiger partial charge on any atom is -0.501 e. The summed E-state index contributed by atoms with van der Waals surface area (Å²) in [5.74, 6) is 0. The Morgan fingerprint density at radius 3 is 2.27 bits per heavy atom. The first kappa shape index (κ1) is 10.8. The van der Waals surface area contributed by atoms with Crippen LogP contribution in [-0.2, 0) is 4.74 Å². The van der Waals surface area contributed by atoms with Crippen LogP contribution in [0.4, 0.5) is 0 Å². The van der Waals surface area contributed by atoms with Crippen LogP contribution in [0.15, 0.2) is 24.5 Å². The minimum atomic E-state index is 0.477. The van der Waals surface area contributed by atoms with Crippen LogP contribution < -0.4 is 0 Å². The van der Waals surface area contributed by atoms with E-state index in [4.69, 9.17) is 15.3 Å². The maximum absolute atomic E-state index is 8.74. The van der Waals surface area contributed by atoms with Crippen LogP contribution in [0.2, 0.25) is 0 Å². The maximum Gasteiger partial charge on any atom is 0.0992 e. The monoisotopic (exact) mass is 198 g/mol. The predicted octanol–water partition coefficient (Wildman–Crippen LogP) is 2.44. The molecule has 3 nitrogen and oxygen atoms in total. The van der Waals surface area contributed by atoms with E-state index in [1.54, 1.807) is 30.5 Å². The van der Waals surface area contributed by atoms with Crippen molar-refractivity contribution in [2.75, 3.05) is 6.61 Å². The average molecular weight is 198 g/mol. The van der Waals surface area contributed by atoms with Gasteiger partial charge in [0.25, 0.3) is 0 Å². The van der Waals surface area contributed by atoms with Crippen LogP contribution in [0, 0.1) is 22.7 Å². The standard InChI is InChI=1S/C12H10N2O/c1-2-15-4-3-10-5-11(8-13)7-12(6-10)9-14/h3-7H,2H2,1H3/b4-3+. The van der Waals surface area contributed by atoms with Gasteiger partial charge in [0.15, 0.2) is 0 Å². The summed E-state index contributed by atoms with van der Waals surface area (Å²) in [4.78, 5) is 0. The molecule has 0 aliphatic rings. The van der Waals surface area contributed by atoms with Crippen LogP contribution in [-0.4, -0.2) is 6.61 Å². The Hall–Kier alpha value is -2.26. The molecule has 0 aliphatic carbocycles. The third-order valence-electron chi connectivity index (χ3n) is 1.74. The van der Waals surface area contributed by atoms with E-state index in [-0.39, 0.29) is 0 Å². The summed E-state index contributed by atoms with van der Waals surface area (Å²) in [5.41, 5.74) is 1.74. The van der Waals surface area contributed by atoms with Crippen molar-refractivity contribution in [3.05, 3.63) is 41.2 Å². The molecule has 0 N–H and O–H groups in total. The van der Waals surface area contributed by atoms with Crippen LogP contribution in [0.3, 0.4) is 0 Å². The fourth-order valence-corrected chi connectivity index (χ4v) is 1.10. The first-order valence-electron chi connectivity index (χ1n) is 4.53. The topological polar surface area (TPSA) is 56.8 Å². The molecule has 0 aliphatic heterocycles. The number of hydrogen-bond acceptors (Lipinski definition) is 3. The molecule has 0 amide bonds. The zero-order valence-electron chi connectivity index (χ0n) is 8.40. The van der Waals surface area contributed by atoms with E-state index in [0.717, 1.165) is 5.56 Å². The van der Waals surface area contributed by atoms with E-state index in [1.165, 1.54) is 0 Å². The van der Waals surface area contributed by atoms with Gasteiger partial charge in [-0.3, -0.25) is 0 Å². The lowest BCUT2D eigenvalue weighted by molar-refractivity contribution is 0.272. The van der Waals surface area contributed by atoms with Gasteiger partial charge in [0.05, 0.1) is 36.1 Å². The van der Waals surface area contributed by atoms with E-state index in [0.29, 0.717) is 17.7 Å². The van der Waals surface area contributed by atoms with Crippen LogP contribution >= 0.6 is 0 Å². The highest BCUT2D eigenvalue weighted by Gasteiger charge is 1.97. The molecular formula is C12H10N2O. The molecule has 0 fully saturated rings. The van der Waals surface area contributed by atoms with Gasteiger partial charge in [-0.1, -0.05) is 0 Å². The lowest BCUT2D eigenvalue weighted by Gasteiger charge is -1.97. The highest BCUT2D eigenvalue weighted by molar-refractivity contribution is 5.55. The Morgan fingerprint density at radius 2 is 1.80 bits per heavy atom. The summed E-state index contributed by atoms with van der Waals surface area (Å²) in [7, 11) is 0. The maximum atomic E-state index is 8.74. The van der Waals surface area contributed by atoms with Crippen LogP contribution in [0.5, 0.6) is 0 Å². The second-order valence-corrected chi connectivity index (χ2v) is 2.83. The Kier molecular flexibility index (Phi) is 3.94. The van der Waals surface area contributed by atoms with Gasteiger partial charge < -0.3 is 4.74 Å². The first-order chi connectivity index (χ1) is 7.30. The third kappa shape index (κ3) is 3.17. The van der Waals surface area contributed by atoms with Crippen molar-refractivity contribution in [2.45, 2.75) is 6.92 Å². The molecule has 0 unspecified atom stereocenters. The zero-order valence-corrected chi connectivity index (χ0v) is 8.40. The second-order valence-electron chi connectivity index (χ2n) is 2.83. The Bertz CT molecular complexity index is 417. The number of nitrogens with zero attached hydrogens (tertiary/aromatic N) is 2. The van der Waals surface area contributed by atoms with Gasteiger partial charge in [-0.15, -0.1) is 0 Å². The largest absolute Gasteiger partial charge is 0.501 e. The van der Waals surface area contributed by atoms with Gasteiger partial charge in [0, 0.05) is 0 Å². The summed E-state index contributed by atoms with van der Waals surface area (Å²) in [6.07, 6.45) is 3.28. The molecule has 0 bridgehead atoms. The summed E-state index contributed by atoms with van der Waals surface area (Å²) < 4.78 is 5.04. The van der Waals surface area contributed by atoms with Crippen LogP contribution in [0.1, 0.15) is 23.6 Å². The molecule has 0 radical (unpaired) electrons. The van der Waals surface area contributed by atoms with Crippen molar-refractivity contribution in [1.82, 2.24) is 0 Å². The molecule has 74 valence electrons. The Labute approximate surface area is 88.8 Å². The molecule has 1 rings (SSSR count). The highest BCUT2D eigenvalue weighted by Crippen LogP contribution is 2.10. The van der Waals surface area contributed by atoms with Crippen molar-refractivity contribution in [3.8, 4) is 12.1 Å². The molecule has 1 aromatic carbocycles. The lowest BCUT2D eigenvalue weighted by atomic mass is 10.1. The molecule has 3 heteroatoms. The van der Waals surface area contributed by atoms with Crippen molar-refractivity contribution in [1.29, 1.82) is 10.5 Å². The molecule has 0 aromatic heterocycles. The molecule has 0 spiro atoms. The summed E-state index contributed by atoms with van der Waals surface area (Å²) in [5, 5.41) is 17.5. The van der Waals surface area contributed by atoms with E-state index < -0.39 is 0 Å². The van der Waals surface area contributed by atoms with Crippen LogP contribution in [0.25, 0.3) is 6.08 Å². The van der Waals surface area contributed by atoms with E-state index in [9.17, 15) is 0 Å². The van der Waals surface area contributed by atoms with E-state index in [1.807, 2.05) is 19.1 Å². The van der Waals surface area contributed by atoms with Gasteiger partial charge in [-0.05, 0) is 36.8 Å². The Balaban J connectivity index is 2.99. The number of hydrogen-bond donors (Lipinski definition) is 0. The molecular weight excluding hydrogens is 188 g/mol. The number of rotatable bonds is 3. The highest BCUT2D eigenvalue weighted by atomic mass is 16.5. The van der Waals surface area contributed by atoms with Gasteiger partial charge in [0.2, 0.25) is 0 Å². The van der Waals surface area contributed by atoms with Crippen molar-refractivity contribution in [2.24, 2.45) is 0 Å². The minimum absolute atomic E-state index is 0.477. The molecule has 15 heavy (non-hydrogen) atoms. The van der Waals surface area contributed by atoms with Crippen molar-refractivity contribution in [3.63, 3.8) is 0 Å². The predicted molar refractivity (Wildman–Crippen MR) is 56.5 cm³/mol. The molecule has 1 aromatic rings. The van der Waals surface area contributed by atoms with Gasteiger partial charge in [0.1, 0.15) is 0 Å². The number of ether oxygens (including phenoxy) is 1.